The molecule has 1 aromatic carbocycles. The van der Waals surface area contributed by atoms with Gasteiger partial charge in [-0.15, -0.1) is 0 Å². The Hall–Kier alpha value is -0.610. The van der Waals surface area contributed by atoms with Crippen molar-refractivity contribution in [2.24, 2.45) is 0 Å². The van der Waals surface area contributed by atoms with E-state index >= 15 is 0 Å². The summed E-state index contributed by atoms with van der Waals surface area (Å²) in [6, 6.07) is 8.17. The maximum Gasteiger partial charge on any atom is 0.0731 e. The summed E-state index contributed by atoms with van der Waals surface area (Å²) >= 11 is 6.06. The number of benzene rings is 1. The van der Waals surface area contributed by atoms with Gasteiger partial charge < -0.3 is 14.8 Å². The third-order valence-electron chi connectivity index (χ3n) is 3.45. The molecule has 106 valence electrons. The molecule has 0 bridgehead atoms. The Morgan fingerprint density at radius 2 is 2.32 bits per heavy atom. The van der Waals surface area contributed by atoms with Gasteiger partial charge in [-0.05, 0) is 31.4 Å². The minimum atomic E-state index is 0.364. The second-order valence-electron chi connectivity index (χ2n) is 4.94. The van der Waals surface area contributed by atoms with Gasteiger partial charge in [0, 0.05) is 24.2 Å². The summed E-state index contributed by atoms with van der Waals surface area (Å²) in [5.41, 5.74) is 1.04. The van der Waals surface area contributed by atoms with E-state index in [4.69, 9.17) is 21.1 Å². The van der Waals surface area contributed by atoms with Crippen LogP contribution < -0.4 is 5.32 Å². The molecular weight excluding hydrogens is 262 g/mol. The minimum absolute atomic E-state index is 0.364. The summed E-state index contributed by atoms with van der Waals surface area (Å²) < 4.78 is 11.3. The van der Waals surface area contributed by atoms with Crippen LogP contribution in [0.2, 0.25) is 5.02 Å². The molecule has 4 heteroatoms. The van der Waals surface area contributed by atoms with Gasteiger partial charge in [-0.2, -0.15) is 0 Å². The number of nitrogens with one attached hydrogen (secondary N) is 1. The molecule has 2 rings (SSSR count). The second kappa shape index (κ2) is 7.85. The number of rotatable bonds is 7. The molecule has 0 aromatic heterocycles. The normalized spacial score (nSPS) is 20.6. The van der Waals surface area contributed by atoms with Gasteiger partial charge in [0.05, 0.1) is 19.3 Å². The van der Waals surface area contributed by atoms with E-state index in [1.54, 1.807) is 0 Å². The molecule has 0 amide bonds. The fourth-order valence-corrected chi connectivity index (χ4v) is 2.47. The van der Waals surface area contributed by atoms with Crippen LogP contribution in [-0.4, -0.2) is 31.9 Å². The van der Waals surface area contributed by atoms with Crippen molar-refractivity contribution in [1.29, 1.82) is 0 Å². The molecule has 0 saturated carbocycles. The van der Waals surface area contributed by atoms with Gasteiger partial charge in [-0.1, -0.05) is 29.8 Å². The predicted octanol–water partition coefficient (Wildman–Crippen LogP) is 3.01. The van der Waals surface area contributed by atoms with Crippen LogP contribution in [0.3, 0.4) is 0 Å². The average molecular weight is 284 g/mol. The number of hydrogen-bond acceptors (Lipinski definition) is 3. The highest BCUT2D eigenvalue weighted by atomic mass is 35.5. The van der Waals surface area contributed by atoms with E-state index < -0.39 is 0 Å². The van der Waals surface area contributed by atoms with Crippen molar-refractivity contribution >= 4 is 11.6 Å². The molecule has 0 radical (unpaired) electrons. The molecule has 0 aliphatic carbocycles. The van der Waals surface area contributed by atoms with E-state index in [-0.39, 0.29) is 0 Å². The molecule has 1 aliphatic rings. The van der Waals surface area contributed by atoms with Crippen molar-refractivity contribution in [3.05, 3.63) is 34.9 Å². The largest absolute Gasteiger partial charge is 0.377 e. The standard InChI is InChI=1S/C15H22ClNO2/c1-12(15-7-4-9-19-15)17-8-10-18-11-13-5-2-3-6-14(13)16/h2-3,5-6,12,15,17H,4,7-11H2,1H3. The van der Waals surface area contributed by atoms with Gasteiger partial charge in [0.15, 0.2) is 0 Å². The van der Waals surface area contributed by atoms with E-state index in [1.807, 2.05) is 24.3 Å². The fraction of sp³-hybridized carbons (Fsp3) is 0.600. The van der Waals surface area contributed by atoms with E-state index in [2.05, 4.69) is 12.2 Å². The molecule has 3 nitrogen and oxygen atoms in total. The Kier molecular flexibility index (Phi) is 6.11. The highest BCUT2D eigenvalue weighted by Crippen LogP contribution is 2.16. The molecule has 1 aliphatic heterocycles. The van der Waals surface area contributed by atoms with Crippen molar-refractivity contribution < 1.29 is 9.47 Å². The SMILES string of the molecule is CC(NCCOCc1ccccc1Cl)C1CCCO1. The van der Waals surface area contributed by atoms with Crippen molar-refractivity contribution in [3.63, 3.8) is 0 Å². The summed E-state index contributed by atoms with van der Waals surface area (Å²) in [5.74, 6) is 0. The van der Waals surface area contributed by atoms with Crippen molar-refractivity contribution in [3.8, 4) is 0 Å². The summed E-state index contributed by atoms with van der Waals surface area (Å²) in [7, 11) is 0. The first-order valence-electron chi connectivity index (χ1n) is 6.93. The van der Waals surface area contributed by atoms with Crippen LogP contribution in [-0.2, 0) is 16.1 Å². The Labute approximate surface area is 120 Å². The van der Waals surface area contributed by atoms with Gasteiger partial charge in [-0.25, -0.2) is 0 Å². The quantitative estimate of drug-likeness (QED) is 0.781. The van der Waals surface area contributed by atoms with Crippen LogP contribution in [0.5, 0.6) is 0 Å². The third-order valence-corrected chi connectivity index (χ3v) is 3.82. The zero-order valence-electron chi connectivity index (χ0n) is 11.4. The Balaban J connectivity index is 1.58. The zero-order valence-corrected chi connectivity index (χ0v) is 12.2. The zero-order chi connectivity index (χ0) is 13.5. The molecule has 1 N–H and O–H groups in total. The Bertz CT molecular complexity index is 380. The molecule has 2 atom stereocenters. The van der Waals surface area contributed by atoms with Gasteiger partial charge in [-0.3, -0.25) is 0 Å². The first-order chi connectivity index (χ1) is 9.27. The van der Waals surface area contributed by atoms with Crippen LogP contribution in [0, 0.1) is 0 Å². The highest BCUT2D eigenvalue weighted by Gasteiger charge is 2.21. The number of halogens is 1. The van der Waals surface area contributed by atoms with Crippen LogP contribution in [0.1, 0.15) is 25.3 Å². The minimum Gasteiger partial charge on any atom is -0.377 e. The van der Waals surface area contributed by atoms with E-state index in [1.165, 1.54) is 6.42 Å². The van der Waals surface area contributed by atoms with Gasteiger partial charge >= 0.3 is 0 Å². The van der Waals surface area contributed by atoms with E-state index in [9.17, 15) is 0 Å². The smallest absolute Gasteiger partial charge is 0.0731 e. The molecule has 1 saturated heterocycles. The molecule has 1 heterocycles. The topological polar surface area (TPSA) is 30.5 Å². The molecule has 1 aromatic rings. The van der Waals surface area contributed by atoms with E-state index in [0.29, 0.717) is 25.4 Å². The Morgan fingerprint density at radius 1 is 1.47 bits per heavy atom. The van der Waals surface area contributed by atoms with E-state index in [0.717, 1.165) is 30.2 Å². The molecular formula is C15H22ClNO2. The van der Waals surface area contributed by atoms with Crippen LogP contribution in [0.15, 0.2) is 24.3 Å². The lowest BCUT2D eigenvalue weighted by molar-refractivity contribution is 0.0751. The molecule has 2 unspecified atom stereocenters. The summed E-state index contributed by atoms with van der Waals surface area (Å²) in [6.07, 6.45) is 2.71. The van der Waals surface area contributed by atoms with Crippen molar-refractivity contribution in [1.82, 2.24) is 5.32 Å². The number of hydrogen-bond donors (Lipinski definition) is 1. The monoisotopic (exact) mass is 283 g/mol. The molecule has 19 heavy (non-hydrogen) atoms. The van der Waals surface area contributed by atoms with Crippen molar-refractivity contribution in [2.75, 3.05) is 19.8 Å². The first-order valence-corrected chi connectivity index (χ1v) is 7.31. The average Bonchev–Trinajstić information content (AvgIpc) is 2.94. The summed E-state index contributed by atoms with van der Waals surface area (Å²) in [4.78, 5) is 0. The Morgan fingerprint density at radius 3 is 3.05 bits per heavy atom. The van der Waals surface area contributed by atoms with Crippen LogP contribution >= 0.6 is 11.6 Å². The van der Waals surface area contributed by atoms with Crippen LogP contribution in [0.25, 0.3) is 0 Å². The highest BCUT2D eigenvalue weighted by molar-refractivity contribution is 6.31. The third kappa shape index (κ3) is 4.77. The fourth-order valence-electron chi connectivity index (χ4n) is 2.28. The van der Waals surface area contributed by atoms with Gasteiger partial charge in [0.25, 0.3) is 0 Å². The lowest BCUT2D eigenvalue weighted by Gasteiger charge is -2.19. The maximum absolute atomic E-state index is 6.06. The second-order valence-corrected chi connectivity index (χ2v) is 5.35. The first kappa shape index (κ1) is 14.8. The summed E-state index contributed by atoms with van der Waals surface area (Å²) in [6.45, 7) is 5.16. The van der Waals surface area contributed by atoms with Crippen molar-refractivity contribution in [2.45, 2.75) is 38.5 Å². The molecule has 0 spiro atoms. The van der Waals surface area contributed by atoms with Gasteiger partial charge in [0.1, 0.15) is 0 Å². The van der Waals surface area contributed by atoms with Gasteiger partial charge in [0.2, 0.25) is 0 Å². The number of ether oxygens (including phenoxy) is 2. The maximum atomic E-state index is 6.06. The molecule has 1 fully saturated rings. The lowest BCUT2D eigenvalue weighted by atomic mass is 10.1. The summed E-state index contributed by atoms with van der Waals surface area (Å²) in [5, 5.41) is 4.21. The predicted molar refractivity (Wildman–Crippen MR) is 77.5 cm³/mol. The van der Waals surface area contributed by atoms with Crippen LogP contribution in [0.4, 0.5) is 0 Å². The lowest BCUT2D eigenvalue weighted by Crippen LogP contribution is -2.38.